The summed E-state index contributed by atoms with van der Waals surface area (Å²) in [4.78, 5) is 26.6. The molecule has 0 aliphatic heterocycles. The van der Waals surface area contributed by atoms with E-state index in [4.69, 9.17) is 0 Å². The molecule has 1 atom stereocenters. The van der Waals surface area contributed by atoms with Crippen LogP contribution in [0.15, 0.2) is 34.3 Å². The Balaban J connectivity index is 0.00000261. The standard InChI is InChI=1S/C16H15F2N5O2S.Na.H/c1-8(6-24)20-14-13-15(21-11(25)5-19-13)23-16(22-14)26-7-9-3-2-4-10(17)12(9)18;;/h2-5,8,24H,6-7H2,1H3,(H2,20,21,22,23,25);;/t8-;;/m1../s1. The van der Waals surface area contributed by atoms with Crippen LogP contribution in [0.3, 0.4) is 0 Å². The Morgan fingerprint density at radius 1 is 1.33 bits per heavy atom. The van der Waals surface area contributed by atoms with Crippen LogP contribution in [0.25, 0.3) is 11.2 Å². The average molecular weight is 403 g/mol. The van der Waals surface area contributed by atoms with Crippen molar-refractivity contribution in [2.75, 3.05) is 11.9 Å². The molecule has 2 aromatic heterocycles. The van der Waals surface area contributed by atoms with Gasteiger partial charge in [-0.15, -0.1) is 0 Å². The zero-order chi connectivity index (χ0) is 18.7. The Labute approximate surface area is 179 Å². The summed E-state index contributed by atoms with van der Waals surface area (Å²) in [6.45, 7) is 1.61. The number of nitrogens with zero attached hydrogens (tertiary/aromatic N) is 3. The number of anilines is 1. The summed E-state index contributed by atoms with van der Waals surface area (Å²) in [7, 11) is 0. The van der Waals surface area contributed by atoms with Crippen molar-refractivity contribution in [3.63, 3.8) is 0 Å². The molecule has 0 amide bonds. The Bertz CT molecular complexity index is 1000. The Kier molecular flexibility index (Phi) is 7.68. The number of aliphatic hydroxyl groups is 1. The van der Waals surface area contributed by atoms with Crippen molar-refractivity contribution >= 4 is 58.3 Å². The topological polar surface area (TPSA) is 104 Å². The first-order chi connectivity index (χ1) is 12.5. The fourth-order valence-electron chi connectivity index (χ4n) is 2.16. The summed E-state index contributed by atoms with van der Waals surface area (Å²) in [5.41, 5.74) is 0.301. The fraction of sp³-hybridized carbons (Fsp3) is 0.250. The van der Waals surface area contributed by atoms with E-state index in [2.05, 4.69) is 25.3 Å². The molecule has 0 unspecified atom stereocenters. The summed E-state index contributed by atoms with van der Waals surface area (Å²) in [6.07, 6.45) is 1.11. The second-order valence-electron chi connectivity index (χ2n) is 5.53. The molecule has 138 valence electrons. The van der Waals surface area contributed by atoms with Gasteiger partial charge in [-0.2, -0.15) is 0 Å². The summed E-state index contributed by atoms with van der Waals surface area (Å²) < 4.78 is 27.1. The van der Waals surface area contributed by atoms with Gasteiger partial charge in [-0.3, -0.25) is 4.79 Å². The van der Waals surface area contributed by atoms with Crippen LogP contribution < -0.4 is 10.9 Å². The van der Waals surface area contributed by atoms with Crippen molar-refractivity contribution < 1.29 is 13.9 Å². The van der Waals surface area contributed by atoms with E-state index in [0.29, 0.717) is 11.3 Å². The molecule has 0 fully saturated rings. The first-order valence-corrected chi connectivity index (χ1v) is 8.66. The molecule has 2 heterocycles. The number of fused-ring (bicyclic) bond motifs is 1. The second-order valence-corrected chi connectivity index (χ2v) is 6.47. The predicted octanol–water partition coefficient (Wildman–Crippen LogP) is 1.43. The number of aliphatic hydroxyl groups excluding tert-OH is 1. The van der Waals surface area contributed by atoms with Gasteiger partial charge in [0.15, 0.2) is 28.3 Å². The summed E-state index contributed by atoms with van der Waals surface area (Å²) >= 11 is 1.08. The number of rotatable bonds is 6. The minimum absolute atomic E-state index is 0. The average Bonchev–Trinajstić information content (AvgIpc) is 2.62. The molecule has 27 heavy (non-hydrogen) atoms. The molecule has 0 saturated carbocycles. The van der Waals surface area contributed by atoms with Crippen LogP contribution in [0.5, 0.6) is 0 Å². The SMILES string of the molecule is C[C@H](CO)Nc1nc(SCc2cccc(F)c2F)nc2[nH]c(=O)cnc12.[NaH]. The third-order valence-corrected chi connectivity index (χ3v) is 4.36. The maximum absolute atomic E-state index is 13.8. The van der Waals surface area contributed by atoms with E-state index in [1.165, 1.54) is 12.1 Å². The number of thioether (sulfide) groups is 1. The Morgan fingerprint density at radius 2 is 2.11 bits per heavy atom. The van der Waals surface area contributed by atoms with Gasteiger partial charge in [-0.1, -0.05) is 23.9 Å². The van der Waals surface area contributed by atoms with Crippen LogP contribution in [-0.2, 0) is 5.75 Å². The van der Waals surface area contributed by atoms with Gasteiger partial charge >= 0.3 is 29.6 Å². The van der Waals surface area contributed by atoms with Crippen LogP contribution in [0, 0.1) is 11.6 Å². The molecule has 1 aromatic carbocycles. The molecule has 7 nitrogen and oxygen atoms in total. The maximum atomic E-state index is 13.8. The Morgan fingerprint density at radius 3 is 2.85 bits per heavy atom. The van der Waals surface area contributed by atoms with Gasteiger partial charge in [0, 0.05) is 17.4 Å². The van der Waals surface area contributed by atoms with Gasteiger partial charge in [0.05, 0.1) is 12.8 Å². The molecule has 0 aliphatic rings. The number of nitrogens with one attached hydrogen (secondary N) is 2. The molecular formula is C16H16F2N5NaO2S. The van der Waals surface area contributed by atoms with Crippen molar-refractivity contribution in [3.8, 4) is 0 Å². The molecule has 0 saturated heterocycles. The molecule has 0 aliphatic carbocycles. The van der Waals surface area contributed by atoms with Crippen LogP contribution in [0.2, 0.25) is 0 Å². The number of hydrogen-bond donors (Lipinski definition) is 3. The Hall–Kier alpha value is -1.59. The van der Waals surface area contributed by atoms with Crippen molar-refractivity contribution in [1.29, 1.82) is 0 Å². The molecule has 0 bridgehead atoms. The number of benzene rings is 1. The molecular weight excluding hydrogens is 387 g/mol. The van der Waals surface area contributed by atoms with Crippen LogP contribution >= 0.6 is 11.8 Å². The zero-order valence-electron chi connectivity index (χ0n) is 13.7. The zero-order valence-corrected chi connectivity index (χ0v) is 14.5. The minimum atomic E-state index is -0.921. The first-order valence-electron chi connectivity index (χ1n) is 7.68. The van der Waals surface area contributed by atoms with Crippen molar-refractivity contribution in [1.82, 2.24) is 19.9 Å². The van der Waals surface area contributed by atoms with Crippen LogP contribution in [-0.4, -0.2) is 67.2 Å². The van der Waals surface area contributed by atoms with Gasteiger partial charge in [-0.25, -0.2) is 23.7 Å². The third-order valence-electron chi connectivity index (χ3n) is 3.46. The number of halogens is 2. The predicted molar refractivity (Wildman–Crippen MR) is 101 cm³/mol. The van der Waals surface area contributed by atoms with E-state index in [1.54, 1.807) is 6.92 Å². The monoisotopic (exact) mass is 403 g/mol. The van der Waals surface area contributed by atoms with Crippen molar-refractivity contribution in [2.45, 2.75) is 23.9 Å². The molecule has 11 heteroatoms. The second kappa shape index (κ2) is 9.56. The molecule has 0 radical (unpaired) electrons. The van der Waals surface area contributed by atoms with E-state index in [0.717, 1.165) is 24.0 Å². The van der Waals surface area contributed by atoms with Crippen LogP contribution in [0.1, 0.15) is 12.5 Å². The van der Waals surface area contributed by atoms with Gasteiger partial charge in [0.25, 0.3) is 5.56 Å². The van der Waals surface area contributed by atoms with E-state index in [1.807, 2.05) is 0 Å². The number of hydrogen-bond acceptors (Lipinski definition) is 7. The third kappa shape index (κ3) is 5.23. The molecule has 3 N–H and O–H groups in total. The van der Waals surface area contributed by atoms with E-state index < -0.39 is 17.2 Å². The summed E-state index contributed by atoms with van der Waals surface area (Å²) in [6, 6.07) is 3.64. The number of H-pyrrole nitrogens is 1. The van der Waals surface area contributed by atoms with Crippen molar-refractivity contribution in [3.05, 3.63) is 51.9 Å². The molecule has 0 spiro atoms. The number of aromatic nitrogens is 4. The van der Waals surface area contributed by atoms with E-state index >= 15 is 0 Å². The van der Waals surface area contributed by atoms with Gasteiger partial charge in [0.1, 0.15) is 5.52 Å². The summed E-state index contributed by atoms with van der Waals surface area (Å²) in [5.74, 6) is -1.40. The molecule has 3 rings (SSSR count). The normalized spacial score (nSPS) is 11.9. The van der Waals surface area contributed by atoms with E-state index in [9.17, 15) is 18.7 Å². The first kappa shape index (κ1) is 21.7. The van der Waals surface area contributed by atoms with Gasteiger partial charge in [-0.05, 0) is 13.0 Å². The molecule has 3 aromatic rings. The fourth-order valence-corrected chi connectivity index (χ4v) is 2.98. The van der Waals surface area contributed by atoms with Gasteiger partial charge < -0.3 is 15.4 Å². The van der Waals surface area contributed by atoms with Crippen LogP contribution in [0.4, 0.5) is 14.6 Å². The summed E-state index contributed by atoms with van der Waals surface area (Å²) in [5, 5.41) is 12.5. The van der Waals surface area contributed by atoms with E-state index in [-0.39, 0.29) is 64.3 Å². The number of aromatic amines is 1. The van der Waals surface area contributed by atoms with Gasteiger partial charge in [0.2, 0.25) is 0 Å². The quantitative estimate of drug-likeness (QED) is 0.325. The van der Waals surface area contributed by atoms with Crippen molar-refractivity contribution in [2.24, 2.45) is 0 Å².